The molecule has 0 saturated carbocycles. The Morgan fingerprint density at radius 2 is 2.20 bits per heavy atom. The van der Waals surface area contributed by atoms with Gasteiger partial charge in [-0.2, -0.15) is 0 Å². The lowest BCUT2D eigenvalue weighted by molar-refractivity contribution is -0.103. The molecule has 0 spiro atoms. The lowest BCUT2D eigenvalue weighted by atomic mass is 9.91. The first-order valence-electron chi connectivity index (χ1n) is 6.62. The molecule has 0 unspecified atom stereocenters. The van der Waals surface area contributed by atoms with E-state index in [1.54, 1.807) is 12.3 Å². The van der Waals surface area contributed by atoms with Gasteiger partial charge in [0.1, 0.15) is 5.65 Å². The molecular formula is C14H16BrN3O2. The minimum atomic E-state index is -0.559. The number of pyridine rings is 1. The number of β-amino-alcohol motifs (C(OH)–C–C–N with tert-alkyl or cyclic N) is 1. The van der Waals surface area contributed by atoms with Crippen LogP contribution >= 0.6 is 15.9 Å². The summed E-state index contributed by atoms with van der Waals surface area (Å²) in [5, 5.41) is 9.99. The fraction of sp³-hybridized carbons (Fsp3) is 0.429. The number of fused-ring (bicyclic) bond motifs is 1. The van der Waals surface area contributed by atoms with Crippen LogP contribution in [0.1, 0.15) is 19.0 Å². The highest BCUT2D eigenvalue weighted by Crippen LogP contribution is 2.25. The predicted octanol–water partition coefficient (Wildman–Crippen LogP) is 1.41. The first kappa shape index (κ1) is 13.7. The standard InChI is InChI=1S/C14H16BrN3O2/c1-2-14(20)8-17(9-14)7-11-5-13(19)18-6-10(15)3-4-12(18)16-11/h3-6,20H,2,7-9H2,1H3. The third-order valence-corrected chi connectivity index (χ3v) is 4.23. The smallest absolute Gasteiger partial charge is 0.258 e. The van der Waals surface area contributed by atoms with Crippen molar-refractivity contribution in [2.45, 2.75) is 25.5 Å². The van der Waals surface area contributed by atoms with Crippen LogP contribution in [0.15, 0.2) is 33.7 Å². The van der Waals surface area contributed by atoms with Crippen molar-refractivity contribution >= 4 is 21.6 Å². The van der Waals surface area contributed by atoms with Crippen molar-refractivity contribution < 1.29 is 5.11 Å². The maximum Gasteiger partial charge on any atom is 0.258 e. The largest absolute Gasteiger partial charge is 0.387 e. The normalized spacial score (nSPS) is 18.1. The second-order valence-corrected chi connectivity index (χ2v) is 6.30. The summed E-state index contributed by atoms with van der Waals surface area (Å²) in [6.07, 6.45) is 2.47. The van der Waals surface area contributed by atoms with Gasteiger partial charge in [-0.1, -0.05) is 6.92 Å². The Kier molecular flexibility index (Phi) is 3.40. The van der Waals surface area contributed by atoms with Gasteiger partial charge < -0.3 is 5.11 Å². The maximum absolute atomic E-state index is 12.1. The number of hydrogen-bond acceptors (Lipinski definition) is 4. The van der Waals surface area contributed by atoms with Gasteiger partial charge in [0.2, 0.25) is 0 Å². The summed E-state index contributed by atoms with van der Waals surface area (Å²) in [5.74, 6) is 0. The van der Waals surface area contributed by atoms with Crippen LogP contribution in [0.4, 0.5) is 0 Å². The molecular weight excluding hydrogens is 322 g/mol. The fourth-order valence-corrected chi connectivity index (χ4v) is 2.89. The molecule has 0 radical (unpaired) electrons. The van der Waals surface area contributed by atoms with Crippen molar-refractivity contribution in [3.05, 3.63) is 44.9 Å². The topological polar surface area (TPSA) is 57.8 Å². The fourth-order valence-electron chi connectivity index (χ4n) is 2.56. The van der Waals surface area contributed by atoms with E-state index >= 15 is 0 Å². The molecule has 0 aliphatic carbocycles. The second kappa shape index (κ2) is 4.95. The van der Waals surface area contributed by atoms with Crippen LogP contribution in [0.25, 0.3) is 5.65 Å². The summed E-state index contributed by atoms with van der Waals surface area (Å²) >= 11 is 3.34. The molecule has 6 heteroatoms. The van der Waals surface area contributed by atoms with Crippen LogP contribution in [-0.2, 0) is 6.54 Å². The van der Waals surface area contributed by atoms with Crippen molar-refractivity contribution in [2.75, 3.05) is 13.1 Å². The zero-order valence-corrected chi connectivity index (χ0v) is 12.8. The number of aliphatic hydroxyl groups is 1. The Labute approximate surface area is 125 Å². The molecule has 0 amide bonds. The molecule has 2 aromatic heterocycles. The van der Waals surface area contributed by atoms with E-state index < -0.39 is 5.60 Å². The van der Waals surface area contributed by atoms with Crippen molar-refractivity contribution in [1.82, 2.24) is 14.3 Å². The summed E-state index contributed by atoms with van der Waals surface area (Å²) in [4.78, 5) is 18.6. The zero-order chi connectivity index (χ0) is 14.3. The molecule has 1 fully saturated rings. The van der Waals surface area contributed by atoms with Crippen molar-refractivity contribution in [1.29, 1.82) is 0 Å². The van der Waals surface area contributed by atoms with Gasteiger partial charge >= 0.3 is 0 Å². The van der Waals surface area contributed by atoms with E-state index in [-0.39, 0.29) is 5.56 Å². The van der Waals surface area contributed by atoms with E-state index in [0.717, 1.165) is 16.6 Å². The number of nitrogens with zero attached hydrogens (tertiary/aromatic N) is 3. The predicted molar refractivity (Wildman–Crippen MR) is 79.7 cm³/mol. The SMILES string of the molecule is CCC1(O)CN(Cc2cc(=O)n3cc(Br)ccc3n2)C1. The first-order valence-corrected chi connectivity index (χ1v) is 7.41. The summed E-state index contributed by atoms with van der Waals surface area (Å²) in [5.41, 5.74) is 0.742. The highest BCUT2D eigenvalue weighted by molar-refractivity contribution is 9.10. The number of aromatic nitrogens is 2. The van der Waals surface area contributed by atoms with Gasteiger partial charge in [-0.25, -0.2) is 4.98 Å². The Morgan fingerprint density at radius 1 is 1.45 bits per heavy atom. The molecule has 3 heterocycles. The Bertz CT molecular complexity index is 707. The summed E-state index contributed by atoms with van der Waals surface area (Å²) < 4.78 is 2.36. The lowest BCUT2D eigenvalue weighted by Crippen LogP contribution is -2.60. The van der Waals surface area contributed by atoms with Crippen molar-refractivity contribution in [3.8, 4) is 0 Å². The molecule has 1 N–H and O–H groups in total. The quantitative estimate of drug-likeness (QED) is 0.920. The average molecular weight is 338 g/mol. The third kappa shape index (κ3) is 2.51. The molecule has 0 aromatic carbocycles. The minimum Gasteiger partial charge on any atom is -0.387 e. The summed E-state index contributed by atoms with van der Waals surface area (Å²) in [7, 11) is 0. The molecule has 0 atom stereocenters. The third-order valence-electron chi connectivity index (χ3n) is 3.76. The van der Waals surface area contributed by atoms with E-state index in [9.17, 15) is 9.90 Å². The Hall–Kier alpha value is -1.24. The van der Waals surface area contributed by atoms with Crippen LogP contribution in [0.2, 0.25) is 0 Å². The van der Waals surface area contributed by atoms with E-state index in [1.165, 1.54) is 4.40 Å². The van der Waals surface area contributed by atoms with Gasteiger partial charge in [-0.15, -0.1) is 0 Å². The number of hydrogen-bond donors (Lipinski definition) is 1. The van der Waals surface area contributed by atoms with Gasteiger partial charge in [0.05, 0.1) is 11.3 Å². The van der Waals surface area contributed by atoms with Gasteiger partial charge in [-0.05, 0) is 34.5 Å². The molecule has 20 heavy (non-hydrogen) atoms. The second-order valence-electron chi connectivity index (χ2n) is 5.38. The molecule has 0 bridgehead atoms. The highest BCUT2D eigenvalue weighted by atomic mass is 79.9. The first-order chi connectivity index (χ1) is 9.49. The molecule has 1 saturated heterocycles. The molecule has 5 nitrogen and oxygen atoms in total. The molecule has 2 aromatic rings. The van der Waals surface area contributed by atoms with Crippen LogP contribution < -0.4 is 5.56 Å². The molecule has 1 aliphatic heterocycles. The van der Waals surface area contributed by atoms with Gasteiger partial charge in [0.15, 0.2) is 0 Å². The number of halogens is 1. The average Bonchev–Trinajstić information content (AvgIpc) is 2.38. The van der Waals surface area contributed by atoms with Gasteiger partial charge in [-0.3, -0.25) is 14.1 Å². The lowest BCUT2D eigenvalue weighted by Gasteiger charge is -2.46. The Morgan fingerprint density at radius 3 is 2.90 bits per heavy atom. The summed E-state index contributed by atoms with van der Waals surface area (Å²) in [6.45, 7) is 3.87. The monoisotopic (exact) mass is 337 g/mol. The maximum atomic E-state index is 12.1. The minimum absolute atomic E-state index is 0.0856. The van der Waals surface area contributed by atoms with Crippen LogP contribution in [0, 0.1) is 0 Å². The van der Waals surface area contributed by atoms with Crippen molar-refractivity contribution in [3.63, 3.8) is 0 Å². The van der Waals surface area contributed by atoms with E-state index in [4.69, 9.17) is 0 Å². The van der Waals surface area contributed by atoms with Gasteiger partial charge in [0, 0.05) is 36.4 Å². The van der Waals surface area contributed by atoms with Crippen LogP contribution in [-0.4, -0.2) is 38.1 Å². The number of rotatable bonds is 3. The highest BCUT2D eigenvalue weighted by Gasteiger charge is 2.39. The molecule has 1 aliphatic rings. The van der Waals surface area contributed by atoms with Crippen molar-refractivity contribution in [2.24, 2.45) is 0 Å². The number of likely N-dealkylation sites (tertiary alicyclic amines) is 1. The summed E-state index contributed by atoms with van der Waals surface area (Å²) in [6, 6.07) is 5.24. The van der Waals surface area contributed by atoms with E-state index in [0.29, 0.717) is 25.3 Å². The van der Waals surface area contributed by atoms with E-state index in [2.05, 4.69) is 25.8 Å². The van der Waals surface area contributed by atoms with E-state index in [1.807, 2.05) is 19.1 Å². The van der Waals surface area contributed by atoms with Crippen LogP contribution in [0.3, 0.4) is 0 Å². The molecule has 3 rings (SSSR count). The zero-order valence-electron chi connectivity index (χ0n) is 11.2. The van der Waals surface area contributed by atoms with Crippen LogP contribution in [0.5, 0.6) is 0 Å². The Balaban J connectivity index is 1.84. The molecule has 106 valence electrons. The van der Waals surface area contributed by atoms with Gasteiger partial charge in [0.25, 0.3) is 5.56 Å².